The van der Waals surface area contributed by atoms with Gasteiger partial charge in [0.05, 0.1) is 4.88 Å². The van der Waals surface area contributed by atoms with Crippen LogP contribution in [-0.4, -0.2) is 35.8 Å². The number of piperidine rings is 1. The molecular weight excluding hydrogens is 322 g/mol. The highest BCUT2D eigenvalue weighted by atomic mass is 32.1. The van der Waals surface area contributed by atoms with E-state index >= 15 is 0 Å². The minimum atomic E-state index is -0.403. The molecule has 3 rings (SSSR count). The Morgan fingerprint density at radius 1 is 1.12 bits per heavy atom. The molecule has 1 aromatic carbocycles. The van der Waals surface area contributed by atoms with E-state index in [1.54, 1.807) is 0 Å². The van der Waals surface area contributed by atoms with Crippen LogP contribution in [0.25, 0.3) is 0 Å². The van der Waals surface area contributed by atoms with Crippen LogP contribution in [0.5, 0.6) is 0 Å². The molecule has 6 heteroatoms. The number of carbonyl (C=O) groups is 2. The molecule has 0 saturated carbocycles. The molecule has 126 valence electrons. The summed E-state index contributed by atoms with van der Waals surface area (Å²) in [5, 5.41) is 4.98. The van der Waals surface area contributed by atoms with Crippen molar-refractivity contribution in [3.05, 3.63) is 58.3 Å². The molecule has 0 aliphatic carbocycles. The number of carbonyl (C=O) groups excluding carboxylic acids is 2. The lowest BCUT2D eigenvalue weighted by molar-refractivity contribution is -0.124. The van der Waals surface area contributed by atoms with Crippen LogP contribution < -0.4 is 11.1 Å². The number of primary amides is 1. The van der Waals surface area contributed by atoms with E-state index in [2.05, 4.69) is 10.2 Å². The molecule has 2 aromatic rings. The lowest BCUT2D eigenvalue weighted by Crippen LogP contribution is -2.48. The van der Waals surface area contributed by atoms with Crippen molar-refractivity contribution in [3.63, 3.8) is 0 Å². The lowest BCUT2D eigenvalue weighted by atomic mass is 9.98. The van der Waals surface area contributed by atoms with Crippen LogP contribution in [0.2, 0.25) is 0 Å². The van der Waals surface area contributed by atoms with Crippen molar-refractivity contribution in [2.45, 2.75) is 24.9 Å². The predicted octanol–water partition coefficient (Wildman–Crippen LogP) is 2.17. The summed E-state index contributed by atoms with van der Waals surface area (Å²) in [6.45, 7) is 1.47. The van der Waals surface area contributed by atoms with Crippen LogP contribution in [0.1, 0.15) is 34.1 Å². The van der Waals surface area contributed by atoms with E-state index in [0.717, 1.165) is 36.4 Å². The SMILES string of the molecule is NC(=O)[C@@H](c1ccccc1)N1CCC(NC(=O)c2cccs2)CC1. The van der Waals surface area contributed by atoms with Gasteiger partial charge in [-0.25, -0.2) is 0 Å². The van der Waals surface area contributed by atoms with Crippen LogP contribution in [0.3, 0.4) is 0 Å². The van der Waals surface area contributed by atoms with Gasteiger partial charge < -0.3 is 11.1 Å². The fourth-order valence-corrected chi connectivity index (χ4v) is 3.78. The third-order valence-corrected chi connectivity index (χ3v) is 5.23. The molecule has 1 fully saturated rings. The van der Waals surface area contributed by atoms with Crippen molar-refractivity contribution in [3.8, 4) is 0 Å². The number of nitrogens with one attached hydrogen (secondary N) is 1. The summed E-state index contributed by atoms with van der Waals surface area (Å²) in [5.74, 6) is -0.347. The molecule has 2 heterocycles. The largest absolute Gasteiger partial charge is 0.368 e. The van der Waals surface area contributed by atoms with Crippen molar-refractivity contribution in [1.29, 1.82) is 0 Å². The molecule has 2 amide bonds. The molecule has 24 heavy (non-hydrogen) atoms. The highest BCUT2D eigenvalue weighted by Crippen LogP contribution is 2.24. The fourth-order valence-electron chi connectivity index (χ4n) is 3.16. The number of thiophene rings is 1. The molecule has 0 unspecified atom stereocenters. The summed E-state index contributed by atoms with van der Waals surface area (Å²) in [4.78, 5) is 26.9. The Bertz CT molecular complexity index is 680. The van der Waals surface area contributed by atoms with Gasteiger partial charge >= 0.3 is 0 Å². The van der Waals surface area contributed by atoms with Crippen molar-refractivity contribution >= 4 is 23.2 Å². The van der Waals surface area contributed by atoms with Crippen molar-refractivity contribution in [2.75, 3.05) is 13.1 Å². The lowest BCUT2D eigenvalue weighted by Gasteiger charge is -2.36. The van der Waals surface area contributed by atoms with Gasteiger partial charge in [-0.05, 0) is 29.9 Å². The first-order valence-corrected chi connectivity index (χ1v) is 8.96. The van der Waals surface area contributed by atoms with Crippen molar-refractivity contribution in [1.82, 2.24) is 10.2 Å². The van der Waals surface area contributed by atoms with Crippen LogP contribution in [-0.2, 0) is 4.79 Å². The van der Waals surface area contributed by atoms with Gasteiger partial charge in [-0.3, -0.25) is 14.5 Å². The fraction of sp³-hybridized carbons (Fsp3) is 0.333. The summed E-state index contributed by atoms with van der Waals surface area (Å²) in [6, 6.07) is 13.1. The number of nitrogens with two attached hydrogens (primary N) is 1. The highest BCUT2D eigenvalue weighted by molar-refractivity contribution is 7.12. The minimum absolute atomic E-state index is 0.0158. The predicted molar refractivity (Wildman–Crippen MR) is 94.8 cm³/mol. The number of likely N-dealkylation sites (tertiary alicyclic amines) is 1. The van der Waals surface area contributed by atoms with Gasteiger partial charge in [0.15, 0.2) is 0 Å². The Morgan fingerprint density at radius 2 is 1.83 bits per heavy atom. The average molecular weight is 343 g/mol. The summed E-state index contributed by atoms with van der Waals surface area (Å²) < 4.78 is 0. The first-order valence-electron chi connectivity index (χ1n) is 8.08. The Labute approximate surface area is 145 Å². The normalized spacial score (nSPS) is 17.3. The molecule has 3 N–H and O–H groups in total. The van der Waals surface area contributed by atoms with E-state index in [-0.39, 0.29) is 17.9 Å². The number of hydrogen-bond donors (Lipinski definition) is 2. The van der Waals surface area contributed by atoms with Crippen LogP contribution in [0.15, 0.2) is 47.8 Å². The van der Waals surface area contributed by atoms with Crippen molar-refractivity contribution in [2.24, 2.45) is 5.73 Å². The quantitative estimate of drug-likeness (QED) is 0.874. The number of hydrogen-bond acceptors (Lipinski definition) is 4. The summed E-state index contributed by atoms with van der Waals surface area (Å²) in [5.41, 5.74) is 6.55. The monoisotopic (exact) mass is 343 g/mol. The van der Waals surface area contributed by atoms with Gasteiger partial charge in [-0.2, -0.15) is 0 Å². The van der Waals surface area contributed by atoms with Crippen LogP contribution >= 0.6 is 11.3 Å². The Morgan fingerprint density at radius 3 is 2.42 bits per heavy atom. The molecule has 5 nitrogen and oxygen atoms in total. The maximum Gasteiger partial charge on any atom is 0.261 e. The van der Waals surface area contributed by atoms with Gasteiger partial charge in [-0.15, -0.1) is 11.3 Å². The Kier molecular flexibility index (Phi) is 5.27. The molecule has 1 aliphatic heterocycles. The van der Waals surface area contributed by atoms with E-state index < -0.39 is 6.04 Å². The second-order valence-electron chi connectivity index (χ2n) is 5.98. The molecule has 1 saturated heterocycles. The standard InChI is InChI=1S/C18H21N3O2S/c19-17(22)16(13-5-2-1-3-6-13)21-10-8-14(9-11-21)20-18(23)15-7-4-12-24-15/h1-7,12,14,16H,8-11H2,(H2,19,22)(H,20,23)/t16-/m1/s1. The van der Waals surface area contributed by atoms with Crippen molar-refractivity contribution < 1.29 is 9.59 Å². The highest BCUT2D eigenvalue weighted by Gasteiger charge is 2.30. The third-order valence-electron chi connectivity index (χ3n) is 4.36. The van der Waals surface area contributed by atoms with E-state index in [9.17, 15) is 9.59 Å². The smallest absolute Gasteiger partial charge is 0.261 e. The summed E-state index contributed by atoms with van der Waals surface area (Å²) in [6.07, 6.45) is 1.63. The van der Waals surface area contributed by atoms with Gasteiger partial charge in [0.1, 0.15) is 6.04 Å². The van der Waals surface area contributed by atoms with E-state index in [0.29, 0.717) is 0 Å². The zero-order valence-corrected chi connectivity index (χ0v) is 14.2. The van der Waals surface area contributed by atoms with Gasteiger partial charge in [0.25, 0.3) is 5.91 Å². The average Bonchev–Trinajstić information content (AvgIpc) is 3.12. The molecule has 1 aromatic heterocycles. The second-order valence-corrected chi connectivity index (χ2v) is 6.92. The third kappa shape index (κ3) is 3.83. The maximum absolute atomic E-state index is 12.1. The topological polar surface area (TPSA) is 75.4 Å². The van der Waals surface area contributed by atoms with E-state index in [1.807, 2.05) is 47.8 Å². The summed E-state index contributed by atoms with van der Waals surface area (Å²) >= 11 is 1.44. The molecule has 1 aliphatic rings. The number of nitrogens with zero attached hydrogens (tertiary/aromatic N) is 1. The Balaban J connectivity index is 1.59. The maximum atomic E-state index is 12.1. The molecule has 0 radical (unpaired) electrons. The first-order chi connectivity index (χ1) is 11.6. The molecule has 0 spiro atoms. The van der Waals surface area contributed by atoms with Gasteiger partial charge in [0, 0.05) is 19.1 Å². The first kappa shape index (κ1) is 16.7. The van der Waals surface area contributed by atoms with E-state index in [4.69, 9.17) is 5.73 Å². The zero-order valence-electron chi connectivity index (χ0n) is 13.4. The Hall–Kier alpha value is -2.18. The van der Waals surface area contributed by atoms with Crippen LogP contribution in [0, 0.1) is 0 Å². The van der Waals surface area contributed by atoms with Gasteiger partial charge in [0.2, 0.25) is 5.91 Å². The van der Waals surface area contributed by atoms with E-state index in [1.165, 1.54) is 11.3 Å². The minimum Gasteiger partial charge on any atom is -0.368 e. The number of benzene rings is 1. The second kappa shape index (κ2) is 7.59. The molecule has 0 bridgehead atoms. The summed E-state index contributed by atoms with van der Waals surface area (Å²) in [7, 11) is 0. The molecule has 1 atom stereocenters. The zero-order chi connectivity index (χ0) is 16.9. The van der Waals surface area contributed by atoms with Gasteiger partial charge in [-0.1, -0.05) is 36.4 Å². The number of amides is 2. The number of rotatable bonds is 5. The van der Waals surface area contributed by atoms with Crippen LogP contribution in [0.4, 0.5) is 0 Å². The molecular formula is C18H21N3O2S.